The van der Waals surface area contributed by atoms with Crippen molar-refractivity contribution < 1.29 is 23.1 Å². The summed E-state index contributed by atoms with van der Waals surface area (Å²) in [7, 11) is 0. The van der Waals surface area contributed by atoms with Crippen LogP contribution in [0.1, 0.15) is 23.6 Å². The summed E-state index contributed by atoms with van der Waals surface area (Å²) in [6.07, 6.45) is 0.736. The van der Waals surface area contributed by atoms with E-state index in [1.165, 1.54) is 31.2 Å². The number of benzene rings is 2. The van der Waals surface area contributed by atoms with Crippen LogP contribution in [0.25, 0.3) is 11.0 Å². The molecule has 6 nitrogen and oxygen atoms in total. The first-order valence-corrected chi connectivity index (χ1v) is 8.81. The third kappa shape index (κ3) is 4.49. The minimum Gasteiger partial charge on any atom is -0.481 e. The zero-order valence-corrected chi connectivity index (χ0v) is 15.8. The van der Waals surface area contributed by atoms with Crippen molar-refractivity contribution in [1.29, 1.82) is 0 Å². The zero-order chi connectivity index (χ0) is 20.3. The number of hydrogen-bond donors (Lipinski definition) is 2. The van der Waals surface area contributed by atoms with E-state index in [0.29, 0.717) is 5.75 Å². The highest BCUT2D eigenvalue weighted by Crippen LogP contribution is 2.25. The van der Waals surface area contributed by atoms with Gasteiger partial charge in [0, 0.05) is 10.9 Å². The Hall–Kier alpha value is -3.35. The highest BCUT2D eigenvalue weighted by Gasteiger charge is 2.17. The van der Waals surface area contributed by atoms with Gasteiger partial charge in [0.25, 0.3) is 5.91 Å². The number of carbonyl (C=O) groups excluding carboxylic acids is 2. The van der Waals surface area contributed by atoms with Crippen LogP contribution in [0.3, 0.4) is 0 Å². The molecule has 1 heterocycles. The van der Waals surface area contributed by atoms with E-state index in [-0.39, 0.29) is 12.3 Å². The molecule has 0 aliphatic rings. The number of carbonyl (C=O) groups is 2. The minimum absolute atomic E-state index is 0.0585. The number of hydrogen-bond acceptors (Lipinski definition) is 4. The fourth-order valence-corrected chi connectivity index (χ4v) is 2.69. The van der Waals surface area contributed by atoms with Crippen LogP contribution >= 0.6 is 0 Å². The number of ether oxygens (including phenoxy) is 1. The van der Waals surface area contributed by atoms with Gasteiger partial charge in [0.05, 0.1) is 12.7 Å². The van der Waals surface area contributed by atoms with E-state index in [2.05, 4.69) is 10.9 Å². The largest absolute Gasteiger partial charge is 0.481 e. The van der Waals surface area contributed by atoms with Crippen LogP contribution < -0.4 is 15.6 Å². The van der Waals surface area contributed by atoms with Crippen molar-refractivity contribution in [3.63, 3.8) is 0 Å². The second-order valence-electron chi connectivity index (χ2n) is 6.62. The van der Waals surface area contributed by atoms with E-state index in [9.17, 15) is 14.0 Å². The molecule has 0 bridgehead atoms. The first-order chi connectivity index (χ1) is 13.3. The van der Waals surface area contributed by atoms with Gasteiger partial charge in [-0.3, -0.25) is 20.4 Å². The maximum absolute atomic E-state index is 12.9. The lowest BCUT2D eigenvalue weighted by Gasteiger charge is -2.15. The van der Waals surface area contributed by atoms with E-state index in [4.69, 9.17) is 9.15 Å². The molecular formula is C21H21FN2O4. The van der Waals surface area contributed by atoms with Gasteiger partial charge in [-0.15, -0.1) is 0 Å². The Bertz CT molecular complexity index is 1010. The van der Waals surface area contributed by atoms with E-state index < -0.39 is 17.8 Å². The fraction of sp³-hybridized carbons (Fsp3) is 0.238. The number of halogens is 1. The Labute approximate surface area is 161 Å². The number of aryl methyl sites for hydroxylation is 2. The van der Waals surface area contributed by atoms with Crippen molar-refractivity contribution in [2.24, 2.45) is 0 Å². The number of hydrazine groups is 1. The van der Waals surface area contributed by atoms with Crippen molar-refractivity contribution in [3.05, 3.63) is 65.2 Å². The molecule has 28 heavy (non-hydrogen) atoms. The first-order valence-electron chi connectivity index (χ1n) is 8.81. The lowest BCUT2D eigenvalue weighted by molar-refractivity contribution is -0.132. The number of fused-ring (bicyclic) bond motifs is 1. The molecule has 2 aromatic carbocycles. The minimum atomic E-state index is -0.869. The van der Waals surface area contributed by atoms with Crippen LogP contribution in [0, 0.1) is 19.7 Å². The summed E-state index contributed by atoms with van der Waals surface area (Å²) in [6, 6.07) is 9.23. The molecule has 2 amide bonds. The standard InChI is InChI=1S/C21H21FN2O4/c1-12-8-18-15(11-27-19(18)9-13(12)2)10-20(25)23-24-21(26)14(3)28-17-6-4-16(22)5-7-17/h4-9,11,14H,10H2,1-3H3,(H,23,25)(H,24,26). The number of nitrogens with one attached hydrogen (secondary N) is 2. The lowest BCUT2D eigenvalue weighted by Crippen LogP contribution is -2.47. The van der Waals surface area contributed by atoms with Gasteiger partial charge in [-0.25, -0.2) is 4.39 Å². The molecule has 1 unspecified atom stereocenters. The summed E-state index contributed by atoms with van der Waals surface area (Å²) in [5, 5.41) is 0.873. The number of furan rings is 1. The van der Waals surface area contributed by atoms with Gasteiger partial charge < -0.3 is 9.15 Å². The Balaban J connectivity index is 1.54. The molecule has 1 aromatic heterocycles. The second kappa shape index (κ2) is 8.12. The average molecular weight is 384 g/mol. The molecule has 1 atom stereocenters. The van der Waals surface area contributed by atoms with Gasteiger partial charge in [0.15, 0.2) is 6.10 Å². The smallest absolute Gasteiger partial charge is 0.279 e. The third-order valence-corrected chi connectivity index (χ3v) is 4.44. The molecule has 2 N–H and O–H groups in total. The molecule has 0 radical (unpaired) electrons. The van der Waals surface area contributed by atoms with Gasteiger partial charge in [-0.2, -0.15) is 0 Å². The molecule has 3 aromatic rings. The second-order valence-corrected chi connectivity index (χ2v) is 6.62. The van der Waals surface area contributed by atoms with Crippen molar-refractivity contribution in [2.75, 3.05) is 0 Å². The Morgan fingerprint density at radius 2 is 1.79 bits per heavy atom. The average Bonchev–Trinajstić information content (AvgIpc) is 3.03. The fourth-order valence-electron chi connectivity index (χ4n) is 2.69. The van der Waals surface area contributed by atoms with E-state index in [1.54, 1.807) is 6.26 Å². The summed E-state index contributed by atoms with van der Waals surface area (Å²) >= 11 is 0. The maximum atomic E-state index is 12.9. The molecule has 0 saturated heterocycles. The Morgan fingerprint density at radius 1 is 1.11 bits per heavy atom. The van der Waals surface area contributed by atoms with Crippen LogP contribution in [0.2, 0.25) is 0 Å². The molecule has 0 saturated carbocycles. The van der Waals surface area contributed by atoms with Crippen LogP contribution in [0.5, 0.6) is 5.75 Å². The topological polar surface area (TPSA) is 80.6 Å². The summed E-state index contributed by atoms with van der Waals surface area (Å²) in [4.78, 5) is 24.3. The highest BCUT2D eigenvalue weighted by molar-refractivity contribution is 5.90. The van der Waals surface area contributed by atoms with E-state index in [1.807, 2.05) is 26.0 Å². The predicted octanol–water partition coefficient (Wildman–Crippen LogP) is 3.35. The Kier molecular flexibility index (Phi) is 5.63. The van der Waals surface area contributed by atoms with Crippen LogP contribution in [0.15, 0.2) is 47.1 Å². The lowest BCUT2D eigenvalue weighted by atomic mass is 10.0. The van der Waals surface area contributed by atoms with Crippen molar-refractivity contribution in [3.8, 4) is 5.75 Å². The molecule has 0 aliphatic carbocycles. The van der Waals surface area contributed by atoms with Gasteiger partial charge in [-0.1, -0.05) is 0 Å². The van der Waals surface area contributed by atoms with Crippen LogP contribution in [-0.2, 0) is 16.0 Å². The normalized spacial score (nSPS) is 11.9. The molecular weight excluding hydrogens is 363 g/mol. The van der Waals surface area contributed by atoms with E-state index in [0.717, 1.165) is 27.7 Å². The van der Waals surface area contributed by atoms with Crippen LogP contribution in [-0.4, -0.2) is 17.9 Å². The predicted molar refractivity (Wildman–Crippen MR) is 102 cm³/mol. The summed E-state index contributed by atoms with van der Waals surface area (Å²) in [6.45, 7) is 5.52. The molecule has 3 rings (SSSR count). The van der Waals surface area contributed by atoms with Gasteiger partial charge >= 0.3 is 0 Å². The molecule has 0 spiro atoms. The molecule has 146 valence electrons. The highest BCUT2D eigenvalue weighted by atomic mass is 19.1. The Morgan fingerprint density at radius 3 is 2.50 bits per heavy atom. The molecule has 0 fully saturated rings. The third-order valence-electron chi connectivity index (χ3n) is 4.44. The summed E-state index contributed by atoms with van der Waals surface area (Å²) in [5.74, 6) is -0.954. The maximum Gasteiger partial charge on any atom is 0.279 e. The van der Waals surface area contributed by atoms with Gasteiger partial charge in [0.1, 0.15) is 17.1 Å². The van der Waals surface area contributed by atoms with Crippen molar-refractivity contribution >= 4 is 22.8 Å². The number of amides is 2. The monoisotopic (exact) mass is 384 g/mol. The molecule has 0 aliphatic heterocycles. The quantitative estimate of drug-likeness (QED) is 0.661. The van der Waals surface area contributed by atoms with E-state index >= 15 is 0 Å². The van der Waals surface area contributed by atoms with Crippen molar-refractivity contribution in [1.82, 2.24) is 10.9 Å². The van der Waals surface area contributed by atoms with Crippen molar-refractivity contribution in [2.45, 2.75) is 33.3 Å². The van der Waals surface area contributed by atoms with Gasteiger partial charge in [0.2, 0.25) is 5.91 Å². The summed E-state index contributed by atoms with van der Waals surface area (Å²) < 4.78 is 23.8. The SMILES string of the molecule is Cc1cc2occ(CC(=O)NNC(=O)C(C)Oc3ccc(F)cc3)c2cc1C. The van der Waals surface area contributed by atoms with Crippen LogP contribution in [0.4, 0.5) is 4.39 Å². The zero-order valence-electron chi connectivity index (χ0n) is 15.8. The van der Waals surface area contributed by atoms with Gasteiger partial charge in [-0.05, 0) is 68.3 Å². The molecule has 7 heteroatoms. The summed E-state index contributed by atoms with van der Waals surface area (Å²) in [5.41, 5.74) is 8.37. The first kappa shape index (κ1) is 19.4. The number of rotatable bonds is 5.